The fourth-order valence-corrected chi connectivity index (χ4v) is 2.14. The molecular weight excluding hydrogens is 290 g/mol. The van der Waals surface area contributed by atoms with E-state index in [1.54, 1.807) is 0 Å². The summed E-state index contributed by atoms with van der Waals surface area (Å²) in [5.41, 5.74) is 3.31. The molecule has 0 bridgehead atoms. The van der Waals surface area contributed by atoms with Gasteiger partial charge in [-0.25, -0.2) is 19.0 Å². The largest absolute Gasteiger partial charge is 0.271 e. The maximum Gasteiger partial charge on any atom is 0.271 e. The summed E-state index contributed by atoms with van der Waals surface area (Å²) in [7, 11) is -3.84. The van der Waals surface area contributed by atoms with Crippen molar-refractivity contribution in [1.82, 2.24) is 5.43 Å². The number of nitrogens with two attached hydrogens (primary N) is 1. The van der Waals surface area contributed by atoms with E-state index >= 15 is 0 Å². The molecule has 3 N–H and O–H groups in total. The highest BCUT2D eigenvalue weighted by atomic mass is 32.2. The van der Waals surface area contributed by atoms with Crippen LogP contribution in [-0.2, 0) is 10.0 Å². The zero-order valence-corrected chi connectivity index (χ0v) is 11.7. The molecule has 7 heteroatoms. The lowest BCUT2D eigenvalue weighted by molar-refractivity contribution is 0.0955. The summed E-state index contributed by atoms with van der Waals surface area (Å²) in [6.07, 6.45) is 1.49. The zero-order valence-electron chi connectivity index (χ0n) is 10.9. The van der Waals surface area contributed by atoms with Crippen LogP contribution in [0, 0.1) is 0 Å². The molecule has 0 atom stereocenters. The van der Waals surface area contributed by atoms with Gasteiger partial charge in [0.1, 0.15) is 0 Å². The molecule has 0 saturated carbocycles. The second-order valence-corrected chi connectivity index (χ2v) is 5.74. The molecule has 0 unspecified atom stereocenters. The van der Waals surface area contributed by atoms with Crippen molar-refractivity contribution in [2.75, 3.05) is 0 Å². The molecule has 0 aliphatic heterocycles. The van der Waals surface area contributed by atoms with Crippen LogP contribution in [0.25, 0.3) is 0 Å². The van der Waals surface area contributed by atoms with Crippen LogP contribution >= 0.6 is 0 Å². The second-order valence-electron chi connectivity index (χ2n) is 4.18. The van der Waals surface area contributed by atoms with E-state index in [1.165, 1.54) is 30.5 Å². The number of carbonyl (C=O) groups is 1. The summed E-state index contributed by atoms with van der Waals surface area (Å²) in [6, 6.07) is 14.7. The number of carbonyl (C=O) groups excluding carboxylic acids is 1. The first kappa shape index (κ1) is 14.9. The first-order valence-electron chi connectivity index (χ1n) is 5.98. The normalized spacial score (nSPS) is 11.5. The number of nitrogens with one attached hydrogen (secondary N) is 1. The summed E-state index contributed by atoms with van der Waals surface area (Å²) in [6.45, 7) is 0. The molecule has 21 heavy (non-hydrogen) atoms. The summed E-state index contributed by atoms with van der Waals surface area (Å²) in [5.74, 6) is -0.521. The molecule has 1 amide bonds. The summed E-state index contributed by atoms with van der Waals surface area (Å²) in [4.78, 5) is 11.7. The molecule has 0 aliphatic rings. The fourth-order valence-electron chi connectivity index (χ4n) is 1.58. The number of sulfonamides is 1. The third-order valence-corrected chi connectivity index (χ3v) is 3.52. The van der Waals surface area contributed by atoms with Gasteiger partial charge in [0, 0.05) is 5.56 Å². The molecule has 0 aliphatic carbocycles. The van der Waals surface area contributed by atoms with E-state index < -0.39 is 15.9 Å². The minimum absolute atomic E-state index is 0.123. The van der Waals surface area contributed by atoms with Crippen LogP contribution in [0.3, 0.4) is 0 Å². The van der Waals surface area contributed by atoms with E-state index in [1.807, 2.05) is 30.3 Å². The van der Waals surface area contributed by atoms with Gasteiger partial charge in [-0.1, -0.05) is 36.4 Å². The van der Waals surface area contributed by atoms with Crippen LogP contribution in [0.4, 0.5) is 0 Å². The topological polar surface area (TPSA) is 102 Å². The molecule has 0 heterocycles. The van der Waals surface area contributed by atoms with Crippen molar-refractivity contribution >= 4 is 22.1 Å². The van der Waals surface area contributed by atoms with Gasteiger partial charge in [0.2, 0.25) is 10.0 Å². The van der Waals surface area contributed by atoms with Gasteiger partial charge in [0.25, 0.3) is 5.91 Å². The Labute approximate surface area is 122 Å². The number of hydrazone groups is 1. The van der Waals surface area contributed by atoms with Gasteiger partial charge < -0.3 is 0 Å². The van der Waals surface area contributed by atoms with Crippen LogP contribution < -0.4 is 10.6 Å². The standard InChI is InChI=1S/C14H13N3O3S/c15-21(19,20)13-8-4-7-12(9-13)14(18)17-16-10-11-5-2-1-3-6-11/h1-10H,(H,17,18)(H2,15,19,20)/b16-10+. The number of amides is 1. The van der Waals surface area contributed by atoms with Crippen LogP contribution in [0.5, 0.6) is 0 Å². The van der Waals surface area contributed by atoms with Gasteiger partial charge in [-0.3, -0.25) is 4.79 Å². The number of hydrogen-bond acceptors (Lipinski definition) is 4. The first-order valence-corrected chi connectivity index (χ1v) is 7.53. The Morgan fingerprint density at radius 1 is 1.10 bits per heavy atom. The molecule has 0 radical (unpaired) electrons. The molecule has 2 aromatic carbocycles. The lowest BCUT2D eigenvalue weighted by Gasteiger charge is -2.02. The van der Waals surface area contributed by atoms with E-state index in [4.69, 9.17) is 5.14 Å². The van der Waals surface area contributed by atoms with Gasteiger partial charge in [0.15, 0.2) is 0 Å². The molecule has 6 nitrogen and oxygen atoms in total. The average Bonchev–Trinajstić information content (AvgIpc) is 2.47. The minimum atomic E-state index is -3.84. The van der Waals surface area contributed by atoms with Gasteiger partial charge in [-0.2, -0.15) is 5.10 Å². The zero-order chi connectivity index (χ0) is 15.3. The Morgan fingerprint density at radius 2 is 1.81 bits per heavy atom. The lowest BCUT2D eigenvalue weighted by Crippen LogP contribution is -2.19. The first-order chi connectivity index (χ1) is 9.97. The molecule has 0 aromatic heterocycles. The van der Waals surface area contributed by atoms with E-state index in [9.17, 15) is 13.2 Å². The Hall–Kier alpha value is -2.51. The van der Waals surface area contributed by atoms with Crippen LogP contribution in [0.15, 0.2) is 64.6 Å². The van der Waals surface area contributed by atoms with Gasteiger partial charge in [0.05, 0.1) is 11.1 Å². The van der Waals surface area contributed by atoms with Crippen LogP contribution in [0.2, 0.25) is 0 Å². The van der Waals surface area contributed by atoms with Crippen molar-refractivity contribution in [2.45, 2.75) is 4.90 Å². The van der Waals surface area contributed by atoms with Crippen molar-refractivity contribution in [2.24, 2.45) is 10.2 Å². The Morgan fingerprint density at radius 3 is 2.48 bits per heavy atom. The highest BCUT2D eigenvalue weighted by Crippen LogP contribution is 2.09. The third-order valence-electron chi connectivity index (χ3n) is 2.60. The van der Waals surface area contributed by atoms with E-state index in [2.05, 4.69) is 10.5 Å². The summed E-state index contributed by atoms with van der Waals surface area (Å²) >= 11 is 0. The summed E-state index contributed by atoms with van der Waals surface area (Å²) in [5, 5.41) is 8.82. The number of benzene rings is 2. The van der Waals surface area contributed by atoms with Crippen molar-refractivity contribution in [3.63, 3.8) is 0 Å². The molecular formula is C14H13N3O3S. The minimum Gasteiger partial charge on any atom is -0.267 e. The SMILES string of the molecule is NS(=O)(=O)c1cccc(C(=O)N/N=C/c2ccccc2)c1. The van der Waals surface area contributed by atoms with Gasteiger partial charge in [-0.15, -0.1) is 0 Å². The Kier molecular flexibility index (Phi) is 4.46. The monoisotopic (exact) mass is 303 g/mol. The lowest BCUT2D eigenvalue weighted by atomic mass is 10.2. The van der Waals surface area contributed by atoms with Crippen LogP contribution in [-0.4, -0.2) is 20.5 Å². The molecule has 0 fully saturated rings. The summed E-state index contributed by atoms with van der Waals surface area (Å²) < 4.78 is 22.4. The van der Waals surface area contributed by atoms with Crippen molar-refractivity contribution < 1.29 is 13.2 Å². The van der Waals surface area contributed by atoms with E-state index in [0.717, 1.165) is 5.56 Å². The Balaban J connectivity index is 2.09. The average molecular weight is 303 g/mol. The fraction of sp³-hybridized carbons (Fsp3) is 0. The van der Waals surface area contributed by atoms with Gasteiger partial charge >= 0.3 is 0 Å². The van der Waals surface area contributed by atoms with E-state index in [0.29, 0.717) is 0 Å². The highest BCUT2D eigenvalue weighted by molar-refractivity contribution is 7.89. The third kappa shape index (κ3) is 4.23. The predicted molar refractivity (Wildman–Crippen MR) is 79.3 cm³/mol. The van der Waals surface area contributed by atoms with Crippen molar-refractivity contribution in [3.8, 4) is 0 Å². The molecule has 2 aromatic rings. The number of rotatable bonds is 4. The predicted octanol–water partition coefficient (Wildman–Crippen LogP) is 1.10. The number of nitrogens with zero attached hydrogens (tertiary/aromatic N) is 1. The quantitative estimate of drug-likeness (QED) is 0.653. The number of primary sulfonamides is 1. The maximum absolute atomic E-state index is 11.9. The van der Waals surface area contributed by atoms with E-state index in [-0.39, 0.29) is 10.5 Å². The highest BCUT2D eigenvalue weighted by Gasteiger charge is 2.11. The van der Waals surface area contributed by atoms with Crippen LogP contribution in [0.1, 0.15) is 15.9 Å². The molecule has 0 saturated heterocycles. The van der Waals surface area contributed by atoms with Crippen molar-refractivity contribution in [3.05, 3.63) is 65.7 Å². The van der Waals surface area contributed by atoms with Gasteiger partial charge in [-0.05, 0) is 23.8 Å². The maximum atomic E-state index is 11.9. The smallest absolute Gasteiger partial charge is 0.267 e. The molecule has 0 spiro atoms. The molecule has 2 rings (SSSR count). The number of hydrogen-bond donors (Lipinski definition) is 2. The Bertz CT molecular complexity index is 771. The second kappa shape index (κ2) is 6.29. The van der Waals surface area contributed by atoms with Crippen molar-refractivity contribution in [1.29, 1.82) is 0 Å². The molecule has 108 valence electrons.